The van der Waals surface area contributed by atoms with Crippen molar-refractivity contribution in [3.05, 3.63) is 51.5 Å². The molecule has 1 atom stereocenters. The van der Waals surface area contributed by atoms with Crippen LogP contribution >= 0.6 is 11.3 Å². The van der Waals surface area contributed by atoms with Crippen molar-refractivity contribution in [2.75, 3.05) is 6.54 Å². The zero-order valence-corrected chi connectivity index (χ0v) is 12.6. The number of amides is 1. The van der Waals surface area contributed by atoms with E-state index in [4.69, 9.17) is 5.11 Å². The van der Waals surface area contributed by atoms with E-state index >= 15 is 0 Å². The van der Waals surface area contributed by atoms with E-state index < -0.39 is 5.97 Å². The minimum Gasteiger partial charge on any atom is -0.478 e. The molecule has 2 N–H and O–H groups in total. The van der Waals surface area contributed by atoms with Crippen molar-refractivity contribution in [3.8, 4) is 0 Å². The second-order valence-electron chi connectivity index (χ2n) is 4.82. The van der Waals surface area contributed by atoms with Gasteiger partial charge in [0.1, 0.15) is 0 Å². The molecule has 0 saturated carbocycles. The number of aromatic carboxylic acids is 1. The molecular weight excluding hydrogens is 288 g/mol. The predicted molar refractivity (Wildman–Crippen MR) is 81.0 cm³/mol. The molecule has 1 heterocycles. The SMILES string of the molecule is Cc1csc(C(C)CNC(=O)c2ccc(C(=O)O)cc2)n1. The molecule has 1 aromatic heterocycles. The molecule has 0 radical (unpaired) electrons. The normalized spacial score (nSPS) is 11.9. The molecule has 110 valence electrons. The van der Waals surface area contributed by atoms with Crippen LogP contribution in [0.4, 0.5) is 0 Å². The molecule has 1 unspecified atom stereocenters. The molecule has 2 aromatic rings. The van der Waals surface area contributed by atoms with E-state index in [0.29, 0.717) is 12.1 Å². The Morgan fingerprint density at radius 3 is 2.43 bits per heavy atom. The molecule has 1 aromatic carbocycles. The van der Waals surface area contributed by atoms with Gasteiger partial charge in [0.05, 0.1) is 10.6 Å². The molecule has 0 aliphatic carbocycles. The highest BCUT2D eigenvalue weighted by atomic mass is 32.1. The van der Waals surface area contributed by atoms with Crippen LogP contribution in [0.3, 0.4) is 0 Å². The maximum atomic E-state index is 12.0. The number of rotatable bonds is 5. The fraction of sp³-hybridized carbons (Fsp3) is 0.267. The first-order valence-corrected chi connectivity index (χ1v) is 7.39. The molecule has 0 aliphatic rings. The minimum absolute atomic E-state index is 0.144. The van der Waals surface area contributed by atoms with Crippen LogP contribution in [-0.2, 0) is 0 Å². The smallest absolute Gasteiger partial charge is 0.335 e. The first-order valence-electron chi connectivity index (χ1n) is 6.51. The standard InChI is InChI=1S/C15H16N2O3S/c1-9(14-17-10(2)8-21-14)7-16-13(18)11-3-5-12(6-4-11)15(19)20/h3-6,8-9H,7H2,1-2H3,(H,16,18)(H,19,20). The highest BCUT2D eigenvalue weighted by molar-refractivity contribution is 7.09. The Kier molecular flexibility index (Phi) is 4.70. The number of nitrogens with zero attached hydrogens (tertiary/aromatic N) is 1. The van der Waals surface area contributed by atoms with Gasteiger partial charge in [0.15, 0.2) is 0 Å². The van der Waals surface area contributed by atoms with Crippen molar-refractivity contribution < 1.29 is 14.7 Å². The van der Waals surface area contributed by atoms with Crippen LogP contribution in [0, 0.1) is 6.92 Å². The Morgan fingerprint density at radius 2 is 1.90 bits per heavy atom. The number of carboxylic acid groups (broad SMARTS) is 1. The Balaban J connectivity index is 1.93. The van der Waals surface area contributed by atoms with Gasteiger partial charge in [0.25, 0.3) is 5.91 Å². The van der Waals surface area contributed by atoms with Crippen molar-refractivity contribution in [2.45, 2.75) is 19.8 Å². The number of aromatic nitrogens is 1. The molecule has 0 bridgehead atoms. The third-order valence-corrected chi connectivity index (χ3v) is 4.22. The molecule has 1 amide bonds. The van der Waals surface area contributed by atoms with E-state index in [1.165, 1.54) is 24.3 Å². The van der Waals surface area contributed by atoms with Gasteiger partial charge in [-0.1, -0.05) is 6.92 Å². The Hall–Kier alpha value is -2.21. The number of hydrogen-bond donors (Lipinski definition) is 2. The summed E-state index contributed by atoms with van der Waals surface area (Å²) in [5.41, 5.74) is 1.60. The van der Waals surface area contributed by atoms with Crippen LogP contribution < -0.4 is 5.32 Å². The average molecular weight is 304 g/mol. The molecule has 0 aliphatic heterocycles. The van der Waals surface area contributed by atoms with Crippen LogP contribution in [0.5, 0.6) is 0 Å². The van der Waals surface area contributed by atoms with Gasteiger partial charge in [0.2, 0.25) is 0 Å². The van der Waals surface area contributed by atoms with Crippen molar-refractivity contribution in [3.63, 3.8) is 0 Å². The van der Waals surface area contributed by atoms with Gasteiger partial charge in [-0.3, -0.25) is 4.79 Å². The summed E-state index contributed by atoms with van der Waals surface area (Å²) in [6.45, 7) is 4.44. The van der Waals surface area contributed by atoms with Gasteiger partial charge in [-0.2, -0.15) is 0 Å². The molecule has 6 heteroatoms. The lowest BCUT2D eigenvalue weighted by Gasteiger charge is -2.10. The molecule has 0 saturated heterocycles. The van der Waals surface area contributed by atoms with Crippen LogP contribution in [0.1, 0.15) is 44.3 Å². The Bertz CT molecular complexity index is 649. The lowest BCUT2D eigenvalue weighted by molar-refractivity contribution is 0.0696. The number of thiazole rings is 1. The van der Waals surface area contributed by atoms with Gasteiger partial charge < -0.3 is 10.4 Å². The lowest BCUT2D eigenvalue weighted by Crippen LogP contribution is -2.27. The first kappa shape index (κ1) is 15.2. The molecule has 21 heavy (non-hydrogen) atoms. The lowest BCUT2D eigenvalue weighted by atomic mass is 10.1. The maximum Gasteiger partial charge on any atom is 0.335 e. The van der Waals surface area contributed by atoms with Gasteiger partial charge in [-0.25, -0.2) is 9.78 Å². The van der Waals surface area contributed by atoms with Gasteiger partial charge >= 0.3 is 5.97 Å². The second-order valence-corrected chi connectivity index (χ2v) is 5.71. The van der Waals surface area contributed by atoms with E-state index in [1.807, 2.05) is 19.2 Å². The highest BCUT2D eigenvalue weighted by Gasteiger charge is 2.12. The van der Waals surface area contributed by atoms with E-state index in [2.05, 4.69) is 10.3 Å². The number of hydrogen-bond acceptors (Lipinski definition) is 4. The summed E-state index contributed by atoms with van der Waals surface area (Å²) in [5, 5.41) is 14.6. The highest BCUT2D eigenvalue weighted by Crippen LogP contribution is 2.19. The number of benzene rings is 1. The number of carboxylic acids is 1. The van der Waals surface area contributed by atoms with E-state index in [1.54, 1.807) is 11.3 Å². The quantitative estimate of drug-likeness (QED) is 0.890. The fourth-order valence-electron chi connectivity index (χ4n) is 1.80. The number of aryl methyl sites for hydroxylation is 1. The van der Waals surface area contributed by atoms with Crippen molar-refractivity contribution in [1.29, 1.82) is 0 Å². The van der Waals surface area contributed by atoms with E-state index in [9.17, 15) is 9.59 Å². The van der Waals surface area contributed by atoms with E-state index in [-0.39, 0.29) is 17.4 Å². The fourth-order valence-corrected chi connectivity index (χ4v) is 2.65. The second kappa shape index (κ2) is 6.49. The topological polar surface area (TPSA) is 79.3 Å². The summed E-state index contributed by atoms with van der Waals surface area (Å²) in [6, 6.07) is 5.86. The minimum atomic E-state index is -1.00. The summed E-state index contributed by atoms with van der Waals surface area (Å²) < 4.78 is 0. The van der Waals surface area contributed by atoms with Gasteiger partial charge in [-0.05, 0) is 31.2 Å². The average Bonchev–Trinajstić information content (AvgIpc) is 2.91. The molecule has 2 rings (SSSR count). The predicted octanol–water partition coefficient (Wildman–Crippen LogP) is 2.68. The molecular formula is C15H16N2O3S. The third-order valence-electron chi connectivity index (χ3n) is 3.02. The first-order chi connectivity index (χ1) is 9.97. The maximum absolute atomic E-state index is 12.0. The number of carbonyl (C=O) groups excluding carboxylic acids is 1. The summed E-state index contributed by atoms with van der Waals surface area (Å²) in [7, 11) is 0. The molecule has 0 spiro atoms. The Labute approximate surface area is 126 Å². The monoisotopic (exact) mass is 304 g/mol. The van der Waals surface area contributed by atoms with Gasteiger partial charge in [-0.15, -0.1) is 11.3 Å². The summed E-state index contributed by atoms with van der Waals surface area (Å²) in [5.74, 6) is -1.08. The summed E-state index contributed by atoms with van der Waals surface area (Å²) in [4.78, 5) is 27.1. The van der Waals surface area contributed by atoms with Crippen molar-refractivity contribution in [2.24, 2.45) is 0 Å². The zero-order chi connectivity index (χ0) is 15.4. The Morgan fingerprint density at radius 1 is 1.29 bits per heavy atom. The largest absolute Gasteiger partial charge is 0.478 e. The van der Waals surface area contributed by atoms with Crippen molar-refractivity contribution >= 4 is 23.2 Å². The molecule has 0 fully saturated rings. The van der Waals surface area contributed by atoms with Crippen LogP contribution in [0.2, 0.25) is 0 Å². The van der Waals surface area contributed by atoms with Crippen LogP contribution in [0.15, 0.2) is 29.6 Å². The molecule has 5 nitrogen and oxygen atoms in total. The summed E-state index contributed by atoms with van der Waals surface area (Å²) in [6.07, 6.45) is 0. The van der Waals surface area contributed by atoms with Gasteiger partial charge in [0, 0.05) is 29.1 Å². The van der Waals surface area contributed by atoms with Crippen LogP contribution in [-0.4, -0.2) is 28.5 Å². The zero-order valence-electron chi connectivity index (χ0n) is 11.8. The number of nitrogens with one attached hydrogen (secondary N) is 1. The van der Waals surface area contributed by atoms with E-state index in [0.717, 1.165) is 10.7 Å². The third kappa shape index (κ3) is 3.88. The summed E-state index contributed by atoms with van der Waals surface area (Å²) >= 11 is 1.58. The van der Waals surface area contributed by atoms with Crippen LogP contribution in [0.25, 0.3) is 0 Å². The van der Waals surface area contributed by atoms with Crippen molar-refractivity contribution in [1.82, 2.24) is 10.3 Å². The number of carbonyl (C=O) groups is 2.